The molecule has 1 heterocycles. The Morgan fingerprint density at radius 3 is 2.70 bits per heavy atom. The number of hydrogen-bond acceptors (Lipinski definition) is 4. The van der Waals surface area contributed by atoms with Crippen LogP contribution < -0.4 is 4.72 Å². The second kappa shape index (κ2) is 5.74. The van der Waals surface area contributed by atoms with Crippen LogP contribution in [0.25, 0.3) is 0 Å². The fraction of sp³-hybridized carbons (Fsp3) is 0.167. The zero-order valence-corrected chi connectivity index (χ0v) is 11.2. The molecule has 0 aliphatic rings. The second-order valence-corrected chi connectivity index (χ2v) is 5.73. The molecule has 0 bridgehead atoms. The van der Waals surface area contributed by atoms with E-state index in [0.29, 0.717) is 11.3 Å². The van der Waals surface area contributed by atoms with Gasteiger partial charge in [0.05, 0.1) is 11.9 Å². The number of aliphatic carboxylic acids is 1. The van der Waals surface area contributed by atoms with Gasteiger partial charge >= 0.3 is 5.97 Å². The number of hydrogen-bond donors (Lipinski definition) is 3. The van der Waals surface area contributed by atoms with Crippen molar-refractivity contribution in [2.24, 2.45) is 0 Å². The summed E-state index contributed by atoms with van der Waals surface area (Å²) in [5, 5.41) is 14.6. The van der Waals surface area contributed by atoms with Gasteiger partial charge in [-0.3, -0.25) is 14.6 Å². The molecular weight excluding hydrogens is 282 g/mol. The van der Waals surface area contributed by atoms with Gasteiger partial charge in [0.2, 0.25) is 0 Å². The highest BCUT2D eigenvalue weighted by atomic mass is 32.2. The fourth-order valence-electron chi connectivity index (χ4n) is 1.67. The highest BCUT2D eigenvalue weighted by Crippen LogP contribution is 2.20. The number of carboxylic acids is 1. The van der Waals surface area contributed by atoms with Crippen LogP contribution in [0.4, 0.5) is 5.69 Å². The maximum atomic E-state index is 12.1. The lowest BCUT2D eigenvalue weighted by atomic mass is 10.1. The third-order valence-corrected chi connectivity index (χ3v) is 3.93. The number of rotatable bonds is 6. The maximum Gasteiger partial charge on any atom is 0.303 e. The van der Waals surface area contributed by atoms with Gasteiger partial charge in [-0.2, -0.15) is 13.5 Å². The lowest BCUT2D eigenvalue weighted by molar-refractivity contribution is -0.136. The third-order valence-electron chi connectivity index (χ3n) is 2.63. The second-order valence-electron chi connectivity index (χ2n) is 4.08. The Morgan fingerprint density at radius 2 is 2.05 bits per heavy atom. The van der Waals surface area contributed by atoms with Gasteiger partial charge in [0.1, 0.15) is 0 Å². The smallest absolute Gasteiger partial charge is 0.303 e. The zero-order chi connectivity index (χ0) is 14.6. The number of H-pyrrole nitrogens is 1. The van der Waals surface area contributed by atoms with E-state index in [-0.39, 0.29) is 17.9 Å². The van der Waals surface area contributed by atoms with E-state index in [1.807, 2.05) is 0 Å². The lowest BCUT2D eigenvalue weighted by Gasteiger charge is -2.10. The topological polar surface area (TPSA) is 112 Å². The van der Waals surface area contributed by atoms with Crippen LogP contribution in [0.2, 0.25) is 0 Å². The standard InChI is InChI=1S/C12H13N3O4S/c16-12(17)6-5-9-3-1-2-4-10(9)15-20(18,19)11-7-8-13-14-11/h1-4,7-8,15H,5-6H2,(H,13,14)(H,16,17). The number of aryl methyl sites for hydroxylation is 1. The van der Waals surface area contributed by atoms with E-state index in [0.717, 1.165) is 0 Å². The molecule has 1 aromatic heterocycles. The van der Waals surface area contributed by atoms with Crippen molar-refractivity contribution in [2.45, 2.75) is 17.9 Å². The number of benzene rings is 1. The van der Waals surface area contributed by atoms with Gasteiger partial charge in [0.15, 0.2) is 5.03 Å². The summed E-state index contributed by atoms with van der Waals surface area (Å²) in [6, 6.07) is 8.02. The fourth-order valence-corrected chi connectivity index (χ4v) is 2.68. The van der Waals surface area contributed by atoms with Crippen LogP contribution in [-0.2, 0) is 21.2 Å². The van der Waals surface area contributed by atoms with Crippen molar-refractivity contribution < 1.29 is 18.3 Å². The average molecular weight is 295 g/mol. The van der Waals surface area contributed by atoms with E-state index in [1.165, 1.54) is 12.3 Å². The molecule has 0 atom stereocenters. The summed E-state index contributed by atoms with van der Waals surface area (Å²) < 4.78 is 26.5. The number of anilines is 1. The Bertz CT molecular complexity index is 695. The molecule has 0 saturated heterocycles. The predicted octanol–water partition coefficient (Wildman–Crippen LogP) is 1.23. The Morgan fingerprint density at radius 1 is 1.30 bits per heavy atom. The molecular formula is C12H13N3O4S. The highest BCUT2D eigenvalue weighted by molar-refractivity contribution is 7.92. The molecule has 0 fully saturated rings. The van der Waals surface area contributed by atoms with Gasteiger partial charge in [0, 0.05) is 6.42 Å². The molecule has 1 aromatic carbocycles. The van der Waals surface area contributed by atoms with Crippen LogP contribution >= 0.6 is 0 Å². The molecule has 0 spiro atoms. The van der Waals surface area contributed by atoms with Crippen LogP contribution in [0.15, 0.2) is 41.6 Å². The van der Waals surface area contributed by atoms with Crippen LogP contribution in [-0.4, -0.2) is 29.7 Å². The third kappa shape index (κ3) is 3.35. The first-order chi connectivity index (χ1) is 9.49. The molecule has 0 radical (unpaired) electrons. The van der Waals surface area contributed by atoms with E-state index in [2.05, 4.69) is 14.9 Å². The molecule has 0 aliphatic heterocycles. The molecule has 7 nitrogen and oxygen atoms in total. The number of aromatic amines is 1. The first-order valence-electron chi connectivity index (χ1n) is 5.81. The molecule has 8 heteroatoms. The number of para-hydroxylation sites is 1. The minimum atomic E-state index is -3.75. The van der Waals surface area contributed by atoms with Crippen molar-refractivity contribution in [1.29, 1.82) is 0 Å². The molecule has 0 amide bonds. The van der Waals surface area contributed by atoms with Crippen LogP contribution in [0.1, 0.15) is 12.0 Å². The first kappa shape index (κ1) is 14.1. The average Bonchev–Trinajstić information content (AvgIpc) is 2.92. The Hall–Kier alpha value is -2.35. The molecule has 0 aliphatic carbocycles. The Kier molecular flexibility index (Phi) is 4.04. The van der Waals surface area contributed by atoms with Gasteiger partial charge in [0.25, 0.3) is 10.0 Å². The minimum absolute atomic E-state index is 0.0504. The molecule has 2 aromatic rings. The van der Waals surface area contributed by atoms with Crippen LogP contribution in [0, 0.1) is 0 Å². The summed E-state index contributed by atoms with van der Waals surface area (Å²) in [7, 11) is -3.75. The number of nitrogens with zero attached hydrogens (tertiary/aromatic N) is 1. The molecule has 20 heavy (non-hydrogen) atoms. The van der Waals surface area contributed by atoms with Gasteiger partial charge in [-0.05, 0) is 24.1 Å². The lowest BCUT2D eigenvalue weighted by Crippen LogP contribution is -2.15. The van der Waals surface area contributed by atoms with Crippen molar-refractivity contribution in [3.05, 3.63) is 42.1 Å². The maximum absolute atomic E-state index is 12.1. The number of sulfonamides is 1. The Balaban J connectivity index is 2.23. The first-order valence-corrected chi connectivity index (χ1v) is 7.29. The van der Waals surface area contributed by atoms with Gasteiger partial charge in [-0.25, -0.2) is 0 Å². The van der Waals surface area contributed by atoms with Crippen molar-refractivity contribution in [3.63, 3.8) is 0 Å². The minimum Gasteiger partial charge on any atom is -0.481 e. The summed E-state index contributed by atoms with van der Waals surface area (Å²) in [5.41, 5.74) is 0.987. The summed E-state index contributed by atoms with van der Waals surface area (Å²) in [4.78, 5) is 10.6. The summed E-state index contributed by atoms with van der Waals surface area (Å²) in [5.74, 6) is -0.934. The number of aromatic nitrogens is 2. The van der Waals surface area contributed by atoms with Crippen molar-refractivity contribution in [3.8, 4) is 0 Å². The number of carbonyl (C=O) groups is 1. The van der Waals surface area contributed by atoms with Crippen molar-refractivity contribution >= 4 is 21.7 Å². The molecule has 2 rings (SSSR count). The normalized spacial score (nSPS) is 11.2. The monoisotopic (exact) mass is 295 g/mol. The van der Waals surface area contributed by atoms with Gasteiger partial charge in [-0.1, -0.05) is 18.2 Å². The largest absolute Gasteiger partial charge is 0.481 e. The number of carboxylic acid groups (broad SMARTS) is 1. The molecule has 3 N–H and O–H groups in total. The van der Waals surface area contributed by atoms with Crippen LogP contribution in [0.5, 0.6) is 0 Å². The van der Waals surface area contributed by atoms with E-state index < -0.39 is 16.0 Å². The van der Waals surface area contributed by atoms with E-state index in [4.69, 9.17) is 5.11 Å². The Labute approximate surface area is 115 Å². The van der Waals surface area contributed by atoms with E-state index in [9.17, 15) is 13.2 Å². The molecule has 0 saturated carbocycles. The predicted molar refractivity (Wildman–Crippen MR) is 71.8 cm³/mol. The highest BCUT2D eigenvalue weighted by Gasteiger charge is 2.17. The van der Waals surface area contributed by atoms with Gasteiger partial charge < -0.3 is 5.11 Å². The van der Waals surface area contributed by atoms with Crippen LogP contribution in [0.3, 0.4) is 0 Å². The van der Waals surface area contributed by atoms with Gasteiger partial charge in [-0.15, -0.1) is 0 Å². The zero-order valence-electron chi connectivity index (χ0n) is 10.4. The molecule has 106 valence electrons. The summed E-state index contributed by atoms with van der Waals surface area (Å²) in [6.45, 7) is 0. The van der Waals surface area contributed by atoms with E-state index >= 15 is 0 Å². The SMILES string of the molecule is O=C(O)CCc1ccccc1NS(=O)(=O)c1ccn[nH]1. The molecule has 0 unspecified atom stereocenters. The van der Waals surface area contributed by atoms with Crippen molar-refractivity contribution in [2.75, 3.05) is 4.72 Å². The van der Waals surface area contributed by atoms with Crippen molar-refractivity contribution in [1.82, 2.24) is 10.2 Å². The number of nitrogens with one attached hydrogen (secondary N) is 2. The van der Waals surface area contributed by atoms with E-state index in [1.54, 1.807) is 24.3 Å². The quantitative estimate of drug-likeness (QED) is 0.742. The summed E-state index contributed by atoms with van der Waals surface area (Å²) >= 11 is 0. The summed E-state index contributed by atoms with van der Waals surface area (Å²) in [6.07, 6.45) is 1.52.